The highest BCUT2D eigenvalue weighted by atomic mass is 19.4. The van der Waals surface area contributed by atoms with Crippen LogP contribution in [0.4, 0.5) is 18.9 Å². The topological polar surface area (TPSA) is 47.1 Å². The summed E-state index contributed by atoms with van der Waals surface area (Å²) in [4.78, 5) is 7.01. The molecule has 28 heavy (non-hydrogen) atoms. The number of nitrogens with two attached hydrogens (primary N) is 1. The summed E-state index contributed by atoms with van der Waals surface area (Å²) in [5.74, 6) is 0.694. The minimum absolute atomic E-state index is 0.651. The molecule has 146 valence electrons. The van der Waals surface area contributed by atoms with Gasteiger partial charge in [-0.25, -0.2) is 4.98 Å². The van der Waals surface area contributed by atoms with Gasteiger partial charge in [0, 0.05) is 44.4 Å². The van der Waals surface area contributed by atoms with E-state index in [1.807, 2.05) is 35.9 Å². The first-order chi connectivity index (χ1) is 13.3. The molecular weight excluding hydrogens is 365 g/mol. The molecule has 4 nitrogen and oxygen atoms in total. The van der Waals surface area contributed by atoms with E-state index in [-0.39, 0.29) is 0 Å². The van der Waals surface area contributed by atoms with Crippen molar-refractivity contribution in [3.8, 4) is 11.4 Å². The second-order valence-corrected chi connectivity index (χ2v) is 7.12. The molecule has 0 atom stereocenters. The fourth-order valence-corrected chi connectivity index (χ4v) is 3.66. The van der Waals surface area contributed by atoms with E-state index >= 15 is 0 Å². The summed E-state index contributed by atoms with van der Waals surface area (Å²) in [5.41, 5.74) is 10.1. The molecule has 7 heteroatoms. The van der Waals surface area contributed by atoms with E-state index in [0.717, 1.165) is 60.8 Å². The van der Waals surface area contributed by atoms with Crippen molar-refractivity contribution in [3.05, 3.63) is 71.0 Å². The van der Waals surface area contributed by atoms with E-state index in [1.54, 1.807) is 0 Å². The van der Waals surface area contributed by atoms with Crippen molar-refractivity contribution in [1.29, 1.82) is 0 Å². The van der Waals surface area contributed by atoms with Crippen LogP contribution in [-0.2, 0) is 32.7 Å². The van der Waals surface area contributed by atoms with Gasteiger partial charge in [-0.15, -0.1) is 0 Å². The molecule has 2 N–H and O–H groups in total. The first-order valence-electron chi connectivity index (χ1n) is 9.11. The number of nitrogen functional groups attached to an aromatic ring is 1. The zero-order valence-corrected chi connectivity index (χ0v) is 15.5. The molecule has 0 unspecified atom stereocenters. The van der Waals surface area contributed by atoms with Gasteiger partial charge >= 0.3 is 6.18 Å². The van der Waals surface area contributed by atoms with Crippen molar-refractivity contribution in [2.75, 3.05) is 12.3 Å². The van der Waals surface area contributed by atoms with E-state index in [2.05, 4.69) is 4.90 Å². The fourth-order valence-electron chi connectivity index (χ4n) is 3.66. The fraction of sp³-hybridized carbons (Fsp3) is 0.286. The molecule has 2 aromatic carbocycles. The minimum atomic E-state index is -4.33. The van der Waals surface area contributed by atoms with Gasteiger partial charge in [-0.3, -0.25) is 4.90 Å². The Bertz CT molecular complexity index is 990. The average Bonchev–Trinajstić information content (AvgIpc) is 2.99. The van der Waals surface area contributed by atoms with Gasteiger partial charge in [-0.05, 0) is 23.8 Å². The number of imidazole rings is 1. The molecule has 0 fully saturated rings. The molecular formula is C21H21F3N4. The number of aromatic nitrogens is 2. The van der Waals surface area contributed by atoms with Crippen molar-refractivity contribution >= 4 is 5.69 Å². The highest BCUT2D eigenvalue weighted by molar-refractivity contribution is 5.58. The molecule has 0 amide bonds. The Morgan fingerprint density at radius 3 is 2.46 bits per heavy atom. The number of nitrogens with zero attached hydrogens (tertiary/aromatic N) is 3. The Morgan fingerprint density at radius 2 is 1.79 bits per heavy atom. The monoisotopic (exact) mass is 386 g/mol. The Balaban J connectivity index is 1.57. The Morgan fingerprint density at radius 1 is 1.07 bits per heavy atom. The van der Waals surface area contributed by atoms with Crippen LogP contribution >= 0.6 is 0 Å². The van der Waals surface area contributed by atoms with Gasteiger partial charge < -0.3 is 10.3 Å². The van der Waals surface area contributed by atoms with Crippen LogP contribution in [0.1, 0.15) is 22.5 Å². The summed E-state index contributed by atoms with van der Waals surface area (Å²) < 4.78 is 40.4. The standard InChI is InChI=1S/C21H21F3N4/c1-27-19-13-28(12-15-4-2-3-5-17(15)25)11-10-18(19)26-20(27)14-6-8-16(9-7-14)21(22,23)24/h2-9H,10-13,25H2,1H3. The Kier molecular flexibility index (Phi) is 4.63. The predicted molar refractivity (Wildman–Crippen MR) is 102 cm³/mol. The van der Waals surface area contributed by atoms with Gasteiger partial charge in [-0.1, -0.05) is 30.3 Å². The summed E-state index contributed by atoms with van der Waals surface area (Å²) in [6, 6.07) is 13.0. The van der Waals surface area contributed by atoms with Crippen molar-refractivity contribution in [1.82, 2.24) is 14.5 Å². The maximum Gasteiger partial charge on any atom is 0.416 e. The Hall–Kier alpha value is -2.80. The maximum atomic E-state index is 12.8. The molecule has 0 saturated carbocycles. The lowest BCUT2D eigenvalue weighted by atomic mass is 10.1. The summed E-state index contributed by atoms with van der Waals surface area (Å²) in [5, 5.41) is 0. The van der Waals surface area contributed by atoms with Gasteiger partial charge in [0.15, 0.2) is 0 Å². The molecule has 3 aromatic rings. The number of benzene rings is 2. The van der Waals surface area contributed by atoms with Gasteiger partial charge in [0.05, 0.1) is 17.0 Å². The van der Waals surface area contributed by atoms with Crippen LogP contribution < -0.4 is 5.73 Å². The van der Waals surface area contributed by atoms with Crippen LogP contribution in [0.5, 0.6) is 0 Å². The van der Waals surface area contributed by atoms with Crippen molar-refractivity contribution in [3.63, 3.8) is 0 Å². The van der Waals surface area contributed by atoms with E-state index < -0.39 is 11.7 Å². The molecule has 0 saturated heterocycles. The number of hydrogen-bond acceptors (Lipinski definition) is 3. The van der Waals surface area contributed by atoms with E-state index in [4.69, 9.17) is 10.7 Å². The van der Waals surface area contributed by atoms with Gasteiger partial charge in [0.1, 0.15) is 5.82 Å². The lowest BCUT2D eigenvalue weighted by Crippen LogP contribution is -2.31. The SMILES string of the molecule is Cn1c(-c2ccc(C(F)(F)F)cc2)nc2c1CN(Cc1ccccc1N)CC2. The zero-order chi connectivity index (χ0) is 19.9. The highest BCUT2D eigenvalue weighted by Gasteiger charge is 2.30. The molecule has 1 aliphatic heterocycles. The van der Waals surface area contributed by atoms with E-state index in [9.17, 15) is 13.2 Å². The molecule has 2 heterocycles. The van der Waals surface area contributed by atoms with E-state index in [0.29, 0.717) is 11.4 Å². The summed E-state index contributed by atoms with van der Waals surface area (Å²) in [7, 11) is 1.92. The molecule has 0 radical (unpaired) electrons. The zero-order valence-electron chi connectivity index (χ0n) is 15.5. The number of halogens is 3. The summed E-state index contributed by atoms with van der Waals surface area (Å²) in [6.45, 7) is 2.35. The number of hydrogen-bond donors (Lipinski definition) is 1. The highest BCUT2D eigenvalue weighted by Crippen LogP contribution is 2.32. The van der Waals surface area contributed by atoms with Crippen LogP contribution in [-0.4, -0.2) is 21.0 Å². The second-order valence-electron chi connectivity index (χ2n) is 7.12. The predicted octanol–water partition coefficient (Wildman–Crippen LogP) is 4.25. The number of alkyl halides is 3. The first kappa shape index (κ1) is 18.6. The summed E-state index contributed by atoms with van der Waals surface area (Å²) in [6.07, 6.45) is -3.53. The second kappa shape index (κ2) is 6.98. The number of anilines is 1. The van der Waals surface area contributed by atoms with Crippen LogP contribution in [0.15, 0.2) is 48.5 Å². The van der Waals surface area contributed by atoms with Gasteiger partial charge in [-0.2, -0.15) is 13.2 Å². The number of rotatable bonds is 3. The quantitative estimate of drug-likeness (QED) is 0.685. The lowest BCUT2D eigenvalue weighted by molar-refractivity contribution is -0.137. The minimum Gasteiger partial charge on any atom is -0.398 e. The first-order valence-corrected chi connectivity index (χ1v) is 9.11. The van der Waals surface area contributed by atoms with Gasteiger partial charge in [0.25, 0.3) is 0 Å². The number of fused-ring (bicyclic) bond motifs is 1. The molecule has 1 aliphatic rings. The van der Waals surface area contributed by atoms with E-state index in [1.165, 1.54) is 12.1 Å². The molecule has 0 bridgehead atoms. The smallest absolute Gasteiger partial charge is 0.398 e. The molecule has 1 aromatic heterocycles. The third-order valence-corrected chi connectivity index (χ3v) is 5.25. The van der Waals surface area contributed by atoms with Crippen LogP contribution in [0, 0.1) is 0 Å². The van der Waals surface area contributed by atoms with Crippen LogP contribution in [0.3, 0.4) is 0 Å². The molecule has 0 aliphatic carbocycles. The number of para-hydroxylation sites is 1. The lowest BCUT2D eigenvalue weighted by Gasteiger charge is -2.27. The third-order valence-electron chi connectivity index (χ3n) is 5.25. The van der Waals surface area contributed by atoms with Crippen molar-refractivity contribution in [2.45, 2.75) is 25.7 Å². The molecule has 4 rings (SSSR count). The van der Waals surface area contributed by atoms with Crippen LogP contribution in [0.25, 0.3) is 11.4 Å². The largest absolute Gasteiger partial charge is 0.416 e. The van der Waals surface area contributed by atoms with Gasteiger partial charge in [0.2, 0.25) is 0 Å². The molecule has 0 spiro atoms. The Labute approximate surface area is 161 Å². The van der Waals surface area contributed by atoms with Crippen molar-refractivity contribution in [2.24, 2.45) is 7.05 Å². The average molecular weight is 386 g/mol. The summed E-state index contributed by atoms with van der Waals surface area (Å²) >= 11 is 0. The third kappa shape index (κ3) is 3.49. The van der Waals surface area contributed by atoms with Crippen LogP contribution in [0.2, 0.25) is 0 Å². The normalized spacial score (nSPS) is 14.9. The maximum absolute atomic E-state index is 12.8. The van der Waals surface area contributed by atoms with Crippen molar-refractivity contribution < 1.29 is 13.2 Å².